The number of carbonyl (C=O) groups excluding carboxylic acids is 1. The van der Waals surface area contributed by atoms with Crippen molar-refractivity contribution in [3.05, 3.63) is 28.8 Å². The van der Waals surface area contributed by atoms with Gasteiger partial charge in [0.15, 0.2) is 0 Å². The minimum absolute atomic E-state index is 0.0345. The first kappa shape index (κ1) is 12.6. The number of rotatable bonds is 3. The van der Waals surface area contributed by atoms with Crippen LogP contribution in [-0.4, -0.2) is 29.1 Å². The van der Waals surface area contributed by atoms with Crippen LogP contribution in [0.15, 0.2) is 18.2 Å². The number of thioether (sulfide) groups is 1. The van der Waals surface area contributed by atoms with Crippen LogP contribution in [0, 0.1) is 5.92 Å². The summed E-state index contributed by atoms with van der Waals surface area (Å²) < 4.78 is 0. The predicted octanol–water partition coefficient (Wildman–Crippen LogP) is 2.53. The van der Waals surface area contributed by atoms with Crippen LogP contribution in [0.25, 0.3) is 0 Å². The first-order valence-corrected chi connectivity index (χ1v) is 7.04. The summed E-state index contributed by atoms with van der Waals surface area (Å²) in [4.78, 5) is 11.8. The molecule has 0 aliphatic carbocycles. The van der Waals surface area contributed by atoms with Gasteiger partial charge in [-0.3, -0.25) is 4.79 Å². The van der Waals surface area contributed by atoms with Crippen LogP contribution in [0.2, 0.25) is 5.02 Å². The molecule has 1 aliphatic rings. The topological polar surface area (TPSA) is 49.3 Å². The number of hydrogen-bond acceptors (Lipinski definition) is 3. The van der Waals surface area contributed by atoms with E-state index in [9.17, 15) is 9.90 Å². The number of halogens is 1. The van der Waals surface area contributed by atoms with Gasteiger partial charge in [0.2, 0.25) is 0 Å². The van der Waals surface area contributed by atoms with Crippen LogP contribution in [0.5, 0.6) is 5.75 Å². The molecule has 92 valence electrons. The highest BCUT2D eigenvalue weighted by Gasteiger charge is 2.17. The largest absolute Gasteiger partial charge is 0.507 e. The Balaban J connectivity index is 1.96. The highest BCUT2D eigenvalue weighted by Crippen LogP contribution is 2.24. The summed E-state index contributed by atoms with van der Waals surface area (Å²) >= 11 is 7.71. The van der Waals surface area contributed by atoms with E-state index in [1.54, 1.807) is 6.07 Å². The van der Waals surface area contributed by atoms with Crippen LogP contribution >= 0.6 is 23.4 Å². The van der Waals surface area contributed by atoms with E-state index in [4.69, 9.17) is 11.6 Å². The fourth-order valence-corrected chi connectivity index (χ4v) is 3.22. The fraction of sp³-hybridized carbons (Fsp3) is 0.417. The van der Waals surface area contributed by atoms with Crippen molar-refractivity contribution in [1.82, 2.24) is 5.32 Å². The van der Waals surface area contributed by atoms with Gasteiger partial charge in [-0.2, -0.15) is 11.8 Å². The summed E-state index contributed by atoms with van der Waals surface area (Å²) in [5.41, 5.74) is 0.239. The second-order valence-corrected chi connectivity index (χ2v) is 5.69. The molecule has 2 rings (SSSR count). The van der Waals surface area contributed by atoms with E-state index in [1.807, 2.05) is 11.8 Å². The van der Waals surface area contributed by atoms with Gasteiger partial charge in [-0.15, -0.1) is 0 Å². The number of amides is 1. The van der Waals surface area contributed by atoms with Gasteiger partial charge in [0, 0.05) is 11.6 Å². The molecule has 0 aromatic heterocycles. The van der Waals surface area contributed by atoms with Gasteiger partial charge < -0.3 is 10.4 Å². The van der Waals surface area contributed by atoms with E-state index in [0.29, 0.717) is 17.5 Å². The van der Waals surface area contributed by atoms with Gasteiger partial charge >= 0.3 is 0 Å². The standard InChI is InChI=1S/C12H14ClNO2S/c13-9-1-2-11(15)10(5-9)12(16)14-6-8-3-4-17-7-8/h1-2,5,8,15H,3-4,6-7H2,(H,14,16). The summed E-state index contributed by atoms with van der Waals surface area (Å²) in [7, 11) is 0. The van der Waals surface area contributed by atoms with Crippen molar-refractivity contribution >= 4 is 29.3 Å². The highest BCUT2D eigenvalue weighted by molar-refractivity contribution is 7.99. The van der Waals surface area contributed by atoms with E-state index >= 15 is 0 Å². The third-order valence-electron chi connectivity index (χ3n) is 2.78. The minimum Gasteiger partial charge on any atom is -0.507 e. The molecule has 5 heteroatoms. The van der Waals surface area contributed by atoms with Crippen molar-refractivity contribution in [2.75, 3.05) is 18.1 Å². The Morgan fingerprint density at radius 2 is 2.41 bits per heavy atom. The zero-order valence-electron chi connectivity index (χ0n) is 9.28. The fourth-order valence-electron chi connectivity index (χ4n) is 1.77. The van der Waals surface area contributed by atoms with Crippen molar-refractivity contribution in [2.24, 2.45) is 5.92 Å². The van der Waals surface area contributed by atoms with E-state index in [2.05, 4.69) is 5.32 Å². The lowest BCUT2D eigenvalue weighted by atomic mass is 10.1. The molecule has 1 fully saturated rings. The average molecular weight is 272 g/mol. The Bertz CT molecular complexity index is 419. The summed E-state index contributed by atoms with van der Waals surface area (Å²) in [6.07, 6.45) is 1.15. The molecule has 1 atom stereocenters. The summed E-state index contributed by atoms with van der Waals surface area (Å²) in [6.45, 7) is 0.664. The molecule has 0 saturated carbocycles. The van der Waals surface area contributed by atoms with Crippen LogP contribution in [0.3, 0.4) is 0 Å². The molecule has 2 N–H and O–H groups in total. The molecule has 1 amide bonds. The van der Waals surface area contributed by atoms with Crippen molar-refractivity contribution in [3.63, 3.8) is 0 Å². The second kappa shape index (κ2) is 5.65. The zero-order chi connectivity index (χ0) is 12.3. The van der Waals surface area contributed by atoms with Crippen LogP contribution in [0.1, 0.15) is 16.8 Å². The van der Waals surface area contributed by atoms with Crippen molar-refractivity contribution in [3.8, 4) is 5.75 Å². The van der Waals surface area contributed by atoms with Crippen molar-refractivity contribution in [2.45, 2.75) is 6.42 Å². The molecule has 1 saturated heterocycles. The molecule has 17 heavy (non-hydrogen) atoms. The molecule has 0 bridgehead atoms. The maximum atomic E-state index is 11.8. The summed E-state index contributed by atoms with van der Waals surface area (Å²) in [6, 6.07) is 4.47. The van der Waals surface area contributed by atoms with E-state index < -0.39 is 0 Å². The van der Waals surface area contributed by atoms with Crippen molar-refractivity contribution in [1.29, 1.82) is 0 Å². The smallest absolute Gasteiger partial charge is 0.255 e. The van der Waals surface area contributed by atoms with E-state index in [0.717, 1.165) is 12.2 Å². The monoisotopic (exact) mass is 271 g/mol. The van der Waals surface area contributed by atoms with E-state index in [1.165, 1.54) is 17.9 Å². The molecule has 1 aromatic rings. The number of carbonyl (C=O) groups is 1. The second-order valence-electron chi connectivity index (χ2n) is 4.10. The molecule has 1 aliphatic heterocycles. The third kappa shape index (κ3) is 3.30. The maximum absolute atomic E-state index is 11.8. The highest BCUT2D eigenvalue weighted by atomic mass is 35.5. The first-order chi connectivity index (χ1) is 8.16. The lowest BCUT2D eigenvalue weighted by Crippen LogP contribution is -2.29. The summed E-state index contributed by atoms with van der Waals surface area (Å²) in [5.74, 6) is 2.52. The molecule has 0 radical (unpaired) electrons. The van der Waals surface area contributed by atoms with Gasteiger partial charge in [0.05, 0.1) is 5.56 Å². The van der Waals surface area contributed by atoms with Crippen LogP contribution in [-0.2, 0) is 0 Å². The van der Waals surface area contributed by atoms with Gasteiger partial charge in [-0.25, -0.2) is 0 Å². The summed E-state index contributed by atoms with van der Waals surface area (Å²) in [5, 5.41) is 12.9. The maximum Gasteiger partial charge on any atom is 0.255 e. The molecular formula is C12H14ClNO2S. The molecule has 0 spiro atoms. The molecule has 1 aromatic carbocycles. The SMILES string of the molecule is O=C(NCC1CCSC1)c1cc(Cl)ccc1O. The van der Waals surface area contributed by atoms with Gasteiger partial charge in [-0.05, 0) is 42.0 Å². The number of phenols is 1. The number of hydrogen-bond donors (Lipinski definition) is 2. The molecule has 3 nitrogen and oxygen atoms in total. The number of aromatic hydroxyl groups is 1. The molecule has 1 unspecified atom stereocenters. The first-order valence-electron chi connectivity index (χ1n) is 5.51. The van der Waals surface area contributed by atoms with Crippen LogP contribution < -0.4 is 5.32 Å². The Morgan fingerprint density at radius 3 is 3.12 bits per heavy atom. The van der Waals surface area contributed by atoms with Crippen molar-refractivity contribution < 1.29 is 9.90 Å². The zero-order valence-corrected chi connectivity index (χ0v) is 10.9. The number of nitrogens with one attached hydrogen (secondary N) is 1. The Kier molecular flexibility index (Phi) is 4.18. The van der Waals surface area contributed by atoms with Crippen LogP contribution in [0.4, 0.5) is 0 Å². The van der Waals surface area contributed by atoms with Gasteiger partial charge in [0.25, 0.3) is 5.91 Å². The predicted molar refractivity (Wildman–Crippen MR) is 70.9 cm³/mol. The molecule has 1 heterocycles. The molecular weight excluding hydrogens is 258 g/mol. The normalized spacial score (nSPS) is 19.2. The Morgan fingerprint density at radius 1 is 1.59 bits per heavy atom. The lowest BCUT2D eigenvalue weighted by Gasteiger charge is -2.11. The Labute approximate surface area is 110 Å². The van der Waals surface area contributed by atoms with E-state index in [-0.39, 0.29) is 17.2 Å². The average Bonchev–Trinajstić information content (AvgIpc) is 2.82. The number of phenolic OH excluding ortho intramolecular Hbond substituents is 1. The van der Waals surface area contributed by atoms with Gasteiger partial charge in [-0.1, -0.05) is 11.6 Å². The van der Waals surface area contributed by atoms with Gasteiger partial charge in [0.1, 0.15) is 5.75 Å². The Hall–Kier alpha value is -0.870. The minimum atomic E-state index is -0.262. The lowest BCUT2D eigenvalue weighted by molar-refractivity contribution is 0.0946. The quantitative estimate of drug-likeness (QED) is 0.888. The third-order valence-corrected chi connectivity index (χ3v) is 4.25. The number of benzene rings is 1.